The van der Waals surface area contributed by atoms with Crippen molar-refractivity contribution >= 4 is 21.9 Å². The number of imidazole rings is 1. The molecule has 0 unspecified atom stereocenters. The number of fused-ring (bicyclic) bond motifs is 3. The summed E-state index contributed by atoms with van der Waals surface area (Å²) in [5.41, 5.74) is 5.09. The topological polar surface area (TPSA) is 52.3 Å². The Hall–Kier alpha value is -3.12. The zero-order valence-electron chi connectivity index (χ0n) is 19.2. The van der Waals surface area contributed by atoms with Crippen molar-refractivity contribution < 1.29 is 4.74 Å². The van der Waals surface area contributed by atoms with Crippen molar-refractivity contribution in [1.29, 1.82) is 0 Å². The third kappa shape index (κ3) is 3.58. The van der Waals surface area contributed by atoms with Crippen molar-refractivity contribution in [2.75, 3.05) is 27.2 Å². The number of aromatic nitrogens is 3. The molecule has 5 rings (SSSR count). The fraction of sp³-hybridized carbons (Fsp3) is 0.385. The maximum Gasteiger partial charge on any atom is 0.329 e. The van der Waals surface area contributed by atoms with Crippen LogP contribution in [0, 0.1) is 5.92 Å². The first-order chi connectivity index (χ1) is 15.4. The number of pyridine rings is 1. The van der Waals surface area contributed by atoms with Gasteiger partial charge in [-0.25, -0.2) is 4.79 Å². The summed E-state index contributed by atoms with van der Waals surface area (Å²) in [6.07, 6.45) is 3.94. The van der Waals surface area contributed by atoms with Crippen LogP contribution < -0.4 is 10.4 Å². The summed E-state index contributed by atoms with van der Waals surface area (Å²) >= 11 is 0. The third-order valence-corrected chi connectivity index (χ3v) is 6.62. The number of nitrogens with zero attached hydrogens (tertiary/aromatic N) is 4. The van der Waals surface area contributed by atoms with Gasteiger partial charge in [0.1, 0.15) is 12.4 Å². The van der Waals surface area contributed by atoms with Gasteiger partial charge in [0.2, 0.25) is 0 Å². The highest BCUT2D eigenvalue weighted by Gasteiger charge is 2.31. The van der Waals surface area contributed by atoms with Crippen LogP contribution in [0.3, 0.4) is 0 Å². The van der Waals surface area contributed by atoms with Gasteiger partial charge in [0.25, 0.3) is 0 Å². The molecule has 0 bridgehead atoms. The number of rotatable bonds is 6. The molecule has 0 saturated heterocycles. The Morgan fingerprint density at radius 2 is 1.81 bits per heavy atom. The SMILES string of the molecule is CC1CC(n2c(=O)n(C)c3cnc4ccc(-c5ccc(OCCN(C)C)cc5)cc4c32)C1. The van der Waals surface area contributed by atoms with Gasteiger partial charge >= 0.3 is 5.69 Å². The molecule has 1 aliphatic rings. The van der Waals surface area contributed by atoms with Crippen molar-refractivity contribution in [3.8, 4) is 16.9 Å². The quantitative estimate of drug-likeness (QED) is 0.453. The molecule has 6 heteroatoms. The molecule has 166 valence electrons. The molecule has 0 aliphatic heterocycles. The molecule has 1 aliphatic carbocycles. The largest absolute Gasteiger partial charge is 0.492 e. The van der Waals surface area contributed by atoms with E-state index in [-0.39, 0.29) is 11.7 Å². The lowest BCUT2D eigenvalue weighted by molar-refractivity contribution is 0.216. The van der Waals surface area contributed by atoms with Crippen LogP contribution in [0.4, 0.5) is 0 Å². The lowest BCUT2D eigenvalue weighted by atomic mass is 9.81. The number of hydrogen-bond donors (Lipinski definition) is 0. The molecule has 2 heterocycles. The highest BCUT2D eigenvalue weighted by molar-refractivity contribution is 6.04. The Labute approximate surface area is 188 Å². The maximum absolute atomic E-state index is 13.1. The molecule has 1 saturated carbocycles. The predicted octanol–water partition coefficient (Wildman–Crippen LogP) is 4.47. The Bertz CT molecular complexity index is 1330. The minimum Gasteiger partial charge on any atom is -0.492 e. The molecule has 6 nitrogen and oxygen atoms in total. The second-order valence-electron chi connectivity index (χ2n) is 9.34. The van der Waals surface area contributed by atoms with Gasteiger partial charge in [-0.2, -0.15) is 0 Å². The van der Waals surface area contributed by atoms with E-state index in [1.165, 1.54) is 0 Å². The van der Waals surface area contributed by atoms with Crippen LogP contribution in [0.2, 0.25) is 0 Å². The van der Waals surface area contributed by atoms with E-state index >= 15 is 0 Å². The molecule has 0 N–H and O–H groups in total. The van der Waals surface area contributed by atoms with Gasteiger partial charge in [0, 0.05) is 25.0 Å². The number of likely N-dealkylation sites (N-methyl/N-ethyl adjacent to an activating group) is 1. The molecule has 1 fully saturated rings. The summed E-state index contributed by atoms with van der Waals surface area (Å²) in [6, 6.07) is 14.8. The summed E-state index contributed by atoms with van der Waals surface area (Å²) in [4.78, 5) is 19.8. The fourth-order valence-electron chi connectivity index (χ4n) is 4.71. The van der Waals surface area contributed by atoms with E-state index < -0.39 is 0 Å². The standard InChI is InChI=1S/C26H30N4O2/c1-17-13-20(14-17)30-25-22-15-19(7-10-23(22)27-16-24(25)29(4)26(30)31)18-5-8-21(9-6-18)32-12-11-28(2)3/h5-10,15-17,20H,11-14H2,1-4H3. The summed E-state index contributed by atoms with van der Waals surface area (Å²) in [5.74, 6) is 1.54. The maximum atomic E-state index is 13.1. The average Bonchev–Trinajstić information content (AvgIpc) is 3.02. The molecule has 0 radical (unpaired) electrons. The van der Waals surface area contributed by atoms with Gasteiger partial charge in [-0.1, -0.05) is 25.1 Å². The van der Waals surface area contributed by atoms with E-state index in [1.807, 2.05) is 44.0 Å². The first kappa shape index (κ1) is 20.8. The Kier molecular flexibility index (Phi) is 5.25. The van der Waals surface area contributed by atoms with Crippen LogP contribution in [0.25, 0.3) is 33.1 Å². The molecule has 32 heavy (non-hydrogen) atoms. The predicted molar refractivity (Wildman–Crippen MR) is 129 cm³/mol. The second-order valence-corrected chi connectivity index (χ2v) is 9.34. The Morgan fingerprint density at radius 1 is 1.09 bits per heavy atom. The number of benzene rings is 2. The summed E-state index contributed by atoms with van der Waals surface area (Å²) < 4.78 is 9.57. The van der Waals surface area contributed by atoms with Crippen LogP contribution in [0.5, 0.6) is 5.75 Å². The van der Waals surface area contributed by atoms with E-state index in [0.717, 1.165) is 58.2 Å². The monoisotopic (exact) mass is 430 g/mol. The third-order valence-electron chi connectivity index (χ3n) is 6.62. The van der Waals surface area contributed by atoms with Gasteiger partial charge in [-0.05, 0) is 68.2 Å². The molecule has 0 atom stereocenters. The van der Waals surface area contributed by atoms with Gasteiger partial charge in [-0.15, -0.1) is 0 Å². The smallest absolute Gasteiger partial charge is 0.329 e. The zero-order valence-corrected chi connectivity index (χ0v) is 19.2. The van der Waals surface area contributed by atoms with Crippen LogP contribution in [-0.2, 0) is 7.05 Å². The van der Waals surface area contributed by atoms with E-state index in [9.17, 15) is 4.79 Å². The van der Waals surface area contributed by atoms with Crippen LogP contribution in [0.1, 0.15) is 25.8 Å². The first-order valence-corrected chi connectivity index (χ1v) is 11.3. The molecule has 0 spiro atoms. The van der Waals surface area contributed by atoms with Gasteiger partial charge in [0.05, 0.1) is 22.7 Å². The molecule has 2 aromatic heterocycles. The van der Waals surface area contributed by atoms with Gasteiger partial charge in [-0.3, -0.25) is 14.1 Å². The minimum atomic E-state index is 0.0517. The minimum absolute atomic E-state index is 0.0517. The van der Waals surface area contributed by atoms with Crippen molar-refractivity contribution in [2.45, 2.75) is 25.8 Å². The van der Waals surface area contributed by atoms with Gasteiger partial charge < -0.3 is 9.64 Å². The van der Waals surface area contributed by atoms with Crippen molar-refractivity contribution in [3.05, 3.63) is 59.1 Å². The van der Waals surface area contributed by atoms with Crippen LogP contribution in [-0.4, -0.2) is 46.3 Å². The Morgan fingerprint density at radius 3 is 2.50 bits per heavy atom. The highest BCUT2D eigenvalue weighted by Crippen LogP contribution is 2.39. The van der Waals surface area contributed by atoms with Gasteiger partial charge in [0.15, 0.2) is 0 Å². The first-order valence-electron chi connectivity index (χ1n) is 11.3. The summed E-state index contributed by atoms with van der Waals surface area (Å²) in [5, 5.41) is 1.03. The normalized spacial score (nSPS) is 18.4. The lowest BCUT2D eigenvalue weighted by Crippen LogP contribution is -2.33. The fourth-order valence-corrected chi connectivity index (χ4v) is 4.71. The van der Waals surface area contributed by atoms with Crippen molar-refractivity contribution in [3.63, 3.8) is 0 Å². The molecular formula is C26H30N4O2. The van der Waals surface area contributed by atoms with E-state index in [0.29, 0.717) is 12.5 Å². The Balaban J connectivity index is 1.55. The van der Waals surface area contributed by atoms with E-state index in [4.69, 9.17) is 4.74 Å². The highest BCUT2D eigenvalue weighted by atomic mass is 16.5. The van der Waals surface area contributed by atoms with E-state index in [1.54, 1.807) is 4.57 Å². The molecule has 2 aromatic carbocycles. The number of aryl methyl sites for hydroxylation is 1. The average molecular weight is 431 g/mol. The molecule has 0 amide bonds. The van der Waals surface area contributed by atoms with E-state index in [2.05, 4.69) is 47.1 Å². The summed E-state index contributed by atoms with van der Waals surface area (Å²) in [7, 11) is 5.92. The zero-order chi connectivity index (χ0) is 22.4. The molecule has 4 aromatic rings. The lowest BCUT2D eigenvalue weighted by Gasteiger charge is -2.33. The summed E-state index contributed by atoms with van der Waals surface area (Å²) in [6.45, 7) is 3.80. The number of hydrogen-bond acceptors (Lipinski definition) is 4. The second kappa shape index (κ2) is 8.10. The van der Waals surface area contributed by atoms with Crippen LogP contribution >= 0.6 is 0 Å². The number of ether oxygens (including phenoxy) is 1. The van der Waals surface area contributed by atoms with Crippen molar-refractivity contribution in [2.24, 2.45) is 13.0 Å². The molecular weight excluding hydrogens is 400 g/mol. The van der Waals surface area contributed by atoms with Crippen LogP contribution in [0.15, 0.2) is 53.5 Å². The van der Waals surface area contributed by atoms with Crippen molar-refractivity contribution in [1.82, 2.24) is 19.0 Å².